The fourth-order valence-corrected chi connectivity index (χ4v) is 9.46. The Bertz CT molecular complexity index is 1190. The summed E-state index contributed by atoms with van der Waals surface area (Å²) in [6, 6.07) is 12.8. The Morgan fingerprint density at radius 3 is 1.84 bits per heavy atom. The maximum absolute atomic E-state index is 14.3. The SMILES string of the molecule is C=C[C@@H]1C[C@H]1S(=O)(=NS(=O)(=O)c1c(C(C)C)cc(C(C)C)cc1C(C)C)c1ccccc1. The number of rotatable bonds is 8. The molecule has 3 atom stereocenters. The van der Waals surface area contributed by atoms with Gasteiger partial charge in [0.05, 0.1) is 19.9 Å². The minimum Gasteiger partial charge on any atom is -0.243 e. The van der Waals surface area contributed by atoms with Crippen LogP contribution in [0.25, 0.3) is 0 Å². The van der Waals surface area contributed by atoms with Crippen molar-refractivity contribution in [1.29, 1.82) is 0 Å². The molecule has 0 spiro atoms. The summed E-state index contributed by atoms with van der Waals surface area (Å²) in [5.74, 6) is 0.257. The predicted molar refractivity (Wildman–Crippen MR) is 133 cm³/mol. The molecule has 1 saturated carbocycles. The van der Waals surface area contributed by atoms with Crippen LogP contribution in [0.1, 0.15) is 82.4 Å². The van der Waals surface area contributed by atoms with Crippen LogP contribution in [0, 0.1) is 5.92 Å². The molecular weight excluding hydrogens is 438 g/mol. The average molecular weight is 474 g/mol. The number of hydrogen-bond acceptors (Lipinski definition) is 3. The second-order valence-electron chi connectivity index (χ2n) is 9.60. The molecule has 0 bridgehead atoms. The zero-order chi connectivity index (χ0) is 23.8. The topological polar surface area (TPSA) is 63.6 Å². The molecular formula is C26H35NO3S2. The van der Waals surface area contributed by atoms with E-state index < -0.39 is 19.8 Å². The van der Waals surface area contributed by atoms with Crippen LogP contribution in [-0.4, -0.2) is 17.9 Å². The second-order valence-corrected chi connectivity index (χ2v) is 13.8. The fraction of sp³-hybridized carbons (Fsp3) is 0.462. The summed E-state index contributed by atoms with van der Waals surface area (Å²) in [4.78, 5) is 0.695. The van der Waals surface area contributed by atoms with E-state index in [0.29, 0.717) is 11.3 Å². The summed E-state index contributed by atoms with van der Waals surface area (Å²) < 4.78 is 46.3. The molecule has 2 aromatic carbocycles. The van der Waals surface area contributed by atoms with Crippen molar-refractivity contribution in [2.75, 3.05) is 0 Å². The van der Waals surface area contributed by atoms with Crippen LogP contribution < -0.4 is 0 Å². The van der Waals surface area contributed by atoms with Crippen LogP contribution in [0.15, 0.2) is 68.7 Å². The smallest absolute Gasteiger partial charge is 0.243 e. The Kier molecular flexibility index (Phi) is 7.06. The van der Waals surface area contributed by atoms with E-state index in [1.807, 2.05) is 45.9 Å². The third-order valence-electron chi connectivity index (χ3n) is 6.12. The van der Waals surface area contributed by atoms with Crippen molar-refractivity contribution in [3.8, 4) is 0 Å². The fourth-order valence-electron chi connectivity index (χ4n) is 4.06. The quantitative estimate of drug-likeness (QED) is 0.394. The van der Waals surface area contributed by atoms with Gasteiger partial charge in [0, 0.05) is 4.90 Å². The van der Waals surface area contributed by atoms with Crippen LogP contribution in [-0.2, 0) is 19.8 Å². The van der Waals surface area contributed by atoms with Crippen LogP contribution in [0.2, 0.25) is 0 Å². The van der Waals surface area contributed by atoms with Crippen molar-refractivity contribution < 1.29 is 12.6 Å². The van der Waals surface area contributed by atoms with Crippen molar-refractivity contribution in [3.05, 3.63) is 71.8 Å². The number of allylic oxidation sites excluding steroid dienone is 1. The van der Waals surface area contributed by atoms with Crippen LogP contribution in [0.4, 0.5) is 0 Å². The molecule has 174 valence electrons. The van der Waals surface area contributed by atoms with Crippen molar-refractivity contribution in [3.63, 3.8) is 0 Å². The standard InChI is InChI=1S/C26H35NO3S2/c1-8-20-16-25(20)31(28,22-12-10-9-11-13-22)27-32(29,30)26-23(18(4)5)14-21(17(2)3)15-24(26)19(6)7/h8-15,17-20,25H,1,16H2,2-7H3/t20-,25-,31?/m1/s1. The molecule has 0 aromatic heterocycles. The summed E-state index contributed by atoms with van der Waals surface area (Å²) in [6.45, 7) is 16.0. The first-order valence-corrected chi connectivity index (χ1v) is 14.3. The third-order valence-corrected chi connectivity index (χ3v) is 11.1. The molecule has 1 aliphatic rings. The molecule has 4 nitrogen and oxygen atoms in total. The first-order chi connectivity index (χ1) is 14.9. The Labute approximate surface area is 194 Å². The molecule has 3 rings (SSSR count). The van der Waals surface area contributed by atoms with E-state index in [0.717, 1.165) is 16.7 Å². The molecule has 1 unspecified atom stereocenters. The summed E-state index contributed by atoms with van der Waals surface area (Å²) in [5, 5.41) is -0.336. The normalized spacial score (nSPS) is 20.4. The number of nitrogens with zero attached hydrogens (tertiary/aromatic N) is 1. The maximum atomic E-state index is 14.3. The van der Waals surface area contributed by atoms with Gasteiger partial charge in [0.2, 0.25) is 0 Å². The first kappa shape index (κ1) is 24.7. The third kappa shape index (κ3) is 4.72. The van der Waals surface area contributed by atoms with Gasteiger partial charge in [-0.15, -0.1) is 10.3 Å². The largest absolute Gasteiger partial charge is 0.290 e. The van der Waals surface area contributed by atoms with Gasteiger partial charge in [0.1, 0.15) is 0 Å². The highest BCUT2D eigenvalue weighted by Crippen LogP contribution is 2.44. The zero-order valence-electron chi connectivity index (χ0n) is 19.9. The molecule has 1 fully saturated rings. The number of sulfonamides is 1. The van der Waals surface area contributed by atoms with E-state index in [9.17, 15) is 12.6 Å². The van der Waals surface area contributed by atoms with Gasteiger partial charge < -0.3 is 0 Å². The van der Waals surface area contributed by atoms with Crippen molar-refractivity contribution in [1.82, 2.24) is 0 Å². The predicted octanol–water partition coefficient (Wildman–Crippen LogP) is 6.85. The molecule has 6 heteroatoms. The average Bonchev–Trinajstić information content (AvgIpc) is 3.53. The molecule has 0 saturated heterocycles. The van der Waals surface area contributed by atoms with Gasteiger partial charge >= 0.3 is 0 Å². The van der Waals surface area contributed by atoms with Gasteiger partial charge in [0.15, 0.2) is 0 Å². The highest BCUT2D eigenvalue weighted by molar-refractivity contribution is 8.03. The van der Waals surface area contributed by atoms with Gasteiger partial charge in [-0.1, -0.05) is 78.0 Å². The second kappa shape index (κ2) is 9.14. The van der Waals surface area contributed by atoms with Crippen LogP contribution >= 0.6 is 0 Å². The lowest BCUT2D eigenvalue weighted by atomic mass is 9.89. The van der Waals surface area contributed by atoms with Gasteiger partial charge in [-0.2, -0.15) is 8.42 Å². The van der Waals surface area contributed by atoms with E-state index in [4.69, 9.17) is 0 Å². The van der Waals surface area contributed by atoms with Crippen molar-refractivity contribution >= 4 is 19.8 Å². The highest BCUT2D eigenvalue weighted by Gasteiger charge is 2.46. The molecule has 0 heterocycles. The van der Waals surface area contributed by atoms with E-state index in [2.05, 4.69) is 24.2 Å². The van der Waals surface area contributed by atoms with Crippen LogP contribution in [0.3, 0.4) is 0 Å². The van der Waals surface area contributed by atoms with E-state index >= 15 is 0 Å². The minimum atomic E-state index is -4.18. The number of hydrogen-bond donors (Lipinski definition) is 0. The van der Waals surface area contributed by atoms with Gasteiger partial charge in [-0.25, -0.2) is 4.21 Å². The zero-order valence-corrected chi connectivity index (χ0v) is 21.5. The molecule has 0 amide bonds. The molecule has 0 aliphatic heterocycles. The highest BCUT2D eigenvalue weighted by atomic mass is 32.3. The summed E-state index contributed by atoms with van der Waals surface area (Å²) in [6.07, 6.45) is 2.39. The summed E-state index contributed by atoms with van der Waals surface area (Å²) >= 11 is 0. The van der Waals surface area contributed by atoms with Crippen molar-refractivity contribution in [2.24, 2.45) is 9.69 Å². The Morgan fingerprint density at radius 2 is 1.44 bits per heavy atom. The van der Waals surface area contributed by atoms with E-state index in [1.165, 1.54) is 0 Å². The lowest BCUT2D eigenvalue weighted by Gasteiger charge is -2.22. The minimum absolute atomic E-state index is 0.0131. The monoisotopic (exact) mass is 473 g/mol. The summed E-state index contributed by atoms with van der Waals surface area (Å²) in [5.41, 5.74) is 2.60. The summed E-state index contributed by atoms with van der Waals surface area (Å²) in [7, 11) is -7.37. The van der Waals surface area contributed by atoms with Crippen molar-refractivity contribution in [2.45, 2.75) is 80.8 Å². The van der Waals surface area contributed by atoms with E-state index in [-0.39, 0.29) is 33.8 Å². The molecule has 32 heavy (non-hydrogen) atoms. The Balaban J connectivity index is 2.34. The van der Waals surface area contributed by atoms with Crippen LogP contribution in [0.5, 0.6) is 0 Å². The van der Waals surface area contributed by atoms with Gasteiger partial charge in [-0.05, 0) is 58.9 Å². The van der Waals surface area contributed by atoms with E-state index in [1.54, 1.807) is 30.3 Å². The van der Waals surface area contributed by atoms with Gasteiger partial charge in [0.25, 0.3) is 10.0 Å². The first-order valence-electron chi connectivity index (χ1n) is 11.3. The Hall–Kier alpha value is -1.92. The maximum Gasteiger partial charge on any atom is 0.290 e. The molecule has 0 N–H and O–H groups in total. The van der Waals surface area contributed by atoms with Gasteiger partial charge in [-0.3, -0.25) is 0 Å². The lowest BCUT2D eigenvalue weighted by Crippen LogP contribution is -2.16. The Morgan fingerprint density at radius 1 is 0.906 bits per heavy atom. The molecule has 1 aliphatic carbocycles. The lowest BCUT2D eigenvalue weighted by molar-refractivity contribution is 0.592. The molecule has 2 aromatic rings. The number of benzene rings is 2. The molecule has 0 radical (unpaired) electrons.